The van der Waals surface area contributed by atoms with Gasteiger partial charge < -0.3 is 9.67 Å². The average molecular weight is 226 g/mol. The molecular formula is C13H10N2O2. The molecule has 3 rings (SSSR count). The van der Waals surface area contributed by atoms with Gasteiger partial charge in [-0.15, -0.1) is 0 Å². The van der Waals surface area contributed by atoms with E-state index in [2.05, 4.69) is 4.98 Å². The number of aromatic nitrogens is 2. The molecule has 0 atom stereocenters. The highest BCUT2D eigenvalue weighted by atomic mass is 16.4. The van der Waals surface area contributed by atoms with Crippen molar-refractivity contribution in [1.82, 2.24) is 9.55 Å². The number of benzene rings is 1. The summed E-state index contributed by atoms with van der Waals surface area (Å²) < 4.78 is 1.58. The minimum absolute atomic E-state index is 0.260. The molecular weight excluding hydrogens is 216 g/mol. The number of hydrogen-bond donors (Lipinski definition) is 1. The number of aryl methyl sites for hydroxylation is 1. The highest BCUT2D eigenvalue weighted by Gasteiger charge is 2.16. The number of hydrogen-bond acceptors (Lipinski definition) is 2. The van der Waals surface area contributed by atoms with E-state index in [0.717, 1.165) is 22.2 Å². The molecule has 1 aromatic rings. The number of fused-ring (bicyclic) bond motifs is 3. The second-order valence-corrected chi connectivity index (χ2v) is 4.00. The number of aromatic carboxylic acids is 1. The van der Waals surface area contributed by atoms with Crippen LogP contribution in [-0.2, 0) is 7.05 Å². The lowest BCUT2D eigenvalue weighted by atomic mass is 10.1. The highest BCUT2D eigenvalue weighted by molar-refractivity contribution is 5.99. The molecule has 0 fully saturated rings. The minimum Gasteiger partial charge on any atom is -0.477 e. The lowest BCUT2D eigenvalue weighted by molar-refractivity contribution is 0.0685. The van der Waals surface area contributed by atoms with E-state index >= 15 is 0 Å². The summed E-state index contributed by atoms with van der Waals surface area (Å²) in [7, 11) is 1.71. The van der Waals surface area contributed by atoms with Crippen LogP contribution in [0.4, 0.5) is 0 Å². The Morgan fingerprint density at radius 1 is 1.35 bits per heavy atom. The van der Waals surface area contributed by atoms with E-state index < -0.39 is 5.97 Å². The first kappa shape index (κ1) is 9.84. The predicted octanol–water partition coefficient (Wildman–Crippen LogP) is 2.38. The van der Waals surface area contributed by atoms with Crippen molar-refractivity contribution in [2.75, 3.05) is 0 Å². The summed E-state index contributed by atoms with van der Waals surface area (Å²) in [6.45, 7) is 0. The van der Waals surface area contributed by atoms with Gasteiger partial charge in [-0.2, -0.15) is 0 Å². The fourth-order valence-corrected chi connectivity index (χ4v) is 2.08. The zero-order chi connectivity index (χ0) is 12.0. The van der Waals surface area contributed by atoms with Crippen molar-refractivity contribution < 1.29 is 9.90 Å². The third-order valence-electron chi connectivity index (χ3n) is 2.91. The Hall–Kier alpha value is -2.36. The smallest absolute Gasteiger partial charge is 0.352 e. The second kappa shape index (κ2) is 3.31. The Morgan fingerprint density at radius 2 is 2.12 bits per heavy atom. The van der Waals surface area contributed by atoms with Crippen LogP contribution < -0.4 is 0 Å². The normalized spacial score (nSPS) is 11.1. The van der Waals surface area contributed by atoms with Crippen molar-refractivity contribution >= 4 is 16.9 Å². The molecule has 2 aliphatic rings. The monoisotopic (exact) mass is 226 g/mol. The maximum atomic E-state index is 11.1. The fourth-order valence-electron chi connectivity index (χ4n) is 2.08. The standard InChI is InChI=1S/C13H10N2O2/c1-15-7-11-9(6-12(15)13(16)17)8-4-2-3-5-10(8)14-11/h2-7H,1H3,(H,16,17). The quantitative estimate of drug-likeness (QED) is 0.693. The SMILES string of the molecule is Cn1cc2nc3ccccc3c-2cc1C(=O)O. The van der Waals surface area contributed by atoms with Crippen LogP contribution in [0.5, 0.6) is 0 Å². The van der Waals surface area contributed by atoms with Crippen LogP contribution in [0.15, 0.2) is 36.5 Å². The van der Waals surface area contributed by atoms with Gasteiger partial charge >= 0.3 is 5.97 Å². The highest BCUT2D eigenvalue weighted by Crippen LogP contribution is 2.31. The van der Waals surface area contributed by atoms with Gasteiger partial charge in [-0.1, -0.05) is 18.2 Å². The Morgan fingerprint density at radius 3 is 2.88 bits per heavy atom. The van der Waals surface area contributed by atoms with E-state index in [1.54, 1.807) is 23.9 Å². The van der Waals surface area contributed by atoms with Crippen molar-refractivity contribution in [3.63, 3.8) is 0 Å². The zero-order valence-corrected chi connectivity index (χ0v) is 9.21. The lowest BCUT2D eigenvalue weighted by Gasteiger charge is -2.07. The lowest BCUT2D eigenvalue weighted by Crippen LogP contribution is -2.08. The Balaban J connectivity index is 2.44. The zero-order valence-electron chi connectivity index (χ0n) is 9.21. The third kappa shape index (κ3) is 1.38. The third-order valence-corrected chi connectivity index (χ3v) is 2.91. The van der Waals surface area contributed by atoms with Crippen molar-refractivity contribution in [2.24, 2.45) is 7.05 Å². The van der Waals surface area contributed by atoms with Crippen LogP contribution in [0.2, 0.25) is 0 Å². The number of carboxylic acids is 1. The van der Waals surface area contributed by atoms with E-state index in [-0.39, 0.29) is 5.69 Å². The van der Waals surface area contributed by atoms with Crippen molar-refractivity contribution in [3.05, 3.63) is 42.2 Å². The van der Waals surface area contributed by atoms with Crippen molar-refractivity contribution in [2.45, 2.75) is 0 Å². The van der Waals surface area contributed by atoms with Crippen molar-refractivity contribution in [3.8, 4) is 11.3 Å². The molecule has 0 radical (unpaired) electrons. The molecule has 0 aromatic heterocycles. The van der Waals surface area contributed by atoms with Gasteiger partial charge in [0.25, 0.3) is 0 Å². The molecule has 0 aliphatic carbocycles. The summed E-state index contributed by atoms with van der Waals surface area (Å²) in [5.41, 5.74) is 2.86. The van der Waals surface area contributed by atoms with E-state index in [1.165, 1.54) is 0 Å². The summed E-state index contributed by atoms with van der Waals surface area (Å²) in [6, 6.07) is 9.41. The van der Waals surface area contributed by atoms with E-state index in [0.29, 0.717) is 0 Å². The Kier molecular flexibility index (Phi) is 1.92. The number of nitrogens with zero attached hydrogens (tertiary/aromatic N) is 2. The second-order valence-electron chi connectivity index (χ2n) is 4.00. The first-order valence-electron chi connectivity index (χ1n) is 5.25. The summed E-state index contributed by atoms with van der Waals surface area (Å²) in [5.74, 6) is -0.931. The molecule has 0 saturated carbocycles. The molecule has 4 nitrogen and oxygen atoms in total. The van der Waals surface area contributed by atoms with Gasteiger partial charge in [0, 0.05) is 24.2 Å². The molecule has 0 unspecified atom stereocenters. The topological polar surface area (TPSA) is 55.1 Å². The number of para-hydroxylation sites is 1. The Bertz CT molecular complexity index is 700. The first-order chi connectivity index (χ1) is 8.16. The molecule has 17 heavy (non-hydrogen) atoms. The predicted molar refractivity (Wildman–Crippen MR) is 64.3 cm³/mol. The molecule has 1 aromatic carbocycles. The molecule has 0 bridgehead atoms. The van der Waals surface area contributed by atoms with Crippen LogP contribution in [-0.4, -0.2) is 20.6 Å². The van der Waals surface area contributed by atoms with Crippen LogP contribution in [0.1, 0.15) is 10.5 Å². The van der Waals surface area contributed by atoms with E-state index in [4.69, 9.17) is 5.11 Å². The number of carboxylic acid groups (broad SMARTS) is 1. The molecule has 0 amide bonds. The fraction of sp³-hybridized carbons (Fsp3) is 0.0769. The maximum Gasteiger partial charge on any atom is 0.352 e. The van der Waals surface area contributed by atoms with Gasteiger partial charge in [-0.3, -0.25) is 0 Å². The first-order valence-corrected chi connectivity index (χ1v) is 5.25. The van der Waals surface area contributed by atoms with Crippen LogP contribution in [0.3, 0.4) is 0 Å². The number of pyridine rings is 1. The average Bonchev–Trinajstić information content (AvgIpc) is 2.64. The van der Waals surface area contributed by atoms with Crippen molar-refractivity contribution in [1.29, 1.82) is 0 Å². The molecule has 84 valence electrons. The largest absolute Gasteiger partial charge is 0.477 e. The van der Waals surface area contributed by atoms with Gasteiger partial charge in [0.05, 0.1) is 11.2 Å². The van der Waals surface area contributed by atoms with Crippen LogP contribution in [0.25, 0.3) is 22.2 Å². The Labute approximate surface area is 97.5 Å². The van der Waals surface area contributed by atoms with Gasteiger partial charge in [0.2, 0.25) is 0 Å². The summed E-state index contributed by atoms with van der Waals surface area (Å²) in [5, 5.41) is 10.1. The summed E-state index contributed by atoms with van der Waals surface area (Å²) in [4.78, 5) is 15.5. The molecule has 0 spiro atoms. The van der Waals surface area contributed by atoms with Gasteiger partial charge in [0.1, 0.15) is 5.69 Å². The van der Waals surface area contributed by atoms with E-state index in [1.807, 2.05) is 24.3 Å². The van der Waals surface area contributed by atoms with E-state index in [9.17, 15) is 4.79 Å². The van der Waals surface area contributed by atoms with Crippen LogP contribution >= 0.6 is 0 Å². The number of carbonyl (C=O) groups is 1. The van der Waals surface area contributed by atoms with Gasteiger partial charge in [-0.05, 0) is 12.1 Å². The molecule has 4 heteroatoms. The summed E-state index contributed by atoms with van der Waals surface area (Å²) >= 11 is 0. The molecule has 2 heterocycles. The van der Waals surface area contributed by atoms with Gasteiger partial charge in [0.15, 0.2) is 0 Å². The van der Waals surface area contributed by atoms with Gasteiger partial charge in [-0.25, -0.2) is 9.78 Å². The minimum atomic E-state index is -0.931. The molecule has 1 N–H and O–H groups in total. The number of rotatable bonds is 1. The molecule has 0 saturated heterocycles. The van der Waals surface area contributed by atoms with Crippen LogP contribution in [0, 0.1) is 0 Å². The maximum absolute atomic E-state index is 11.1. The molecule has 2 aliphatic heterocycles. The summed E-state index contributed by atoms with van der Waals surface area (Å²) in [6.07, 6.45) is 1.75.